The van der Waals surface area contributed by atoms with Gasteiger partial charge in [0, 0.05) is 44.2 Å². The molecule has 0 aliphatic carbocycles. The third-order valence-electron chi connectivity index (χ3n) is 3.25. The largest absolute Gasteiger partial charge is 0.481 e. The third kappa shape index (κ3) is 8.01. The molecule has 1 rings (SSSR count). The first-order valence-corrected chi connectivity index (χ1v) is 7.52. The Bertz CT molecular complexity index is 501. The molecule has 0 saturated carbocycles. The first-order chi connectivity index (χ1) is 11.0. The van der Waals surface area contributed by atoms with Crippen LogP contribution in [0.4, 0.5) is 0 Å². The Morgan fingerprint density at radius 1 is 1.22 bits per heavy atom. The molecular formula is C15H23N3O5. The van der Waals surface area contributed by atoms with Gasteiger partial charge in [0.25, 0.3) is 0 Å². The average molecular weight is 325 g/mol. The number of H-pyrrole nitrogens is 1. The van der Waals surface area contributed by atoms with Crippen molar-refractivity contribution >= 4 is 17.8 Å². The van der Waals surface area contributed by atoms with Crippen molar-refractivity contribution in [1.29, 1.82) is 0 Å². The summed E-state index contributed by atoms with van der Waals surface area (Å²) in [7, 11) is 0. The number of carboxylic acid groups (broad SMARTS) is 1. The van der Waals surface area contributed by atoms with E-state index in [2.05, 4.69) is 15.6 Å². The van der Waals surface area contributed by atoms with Gasteiger partial charge in [0.15, 0.2) is 0 Å². The normalized spacial score (nSPS) is 11.7. The third-order valence-corrected chi connectivity index (χ3v) is 3.25. The molecule has 8 nitrogen and oxygen atoms in total. The van der Waals surface area contributed by atoms with E-state index < -0.39 is 11.9 Å². The van der Waals surface area contributed by atoms with Gasteiger partial charge in [-0.15, -0.1) is 0 Å². The van der Waals surface area contributed by atoms with E-state index in [9.17, 15) is 14.4 Å². The molecule has 1 aromatic heterocycles. The van der Waals surface area contributed by atoms with Crippen molar-refractivity contribution < 1.29 is 24.6 Å². The molecule has 2 amide bonds. The van der Waals surface area contributed by atoms with Crippen LogP contribution in [0.5, 0.6) is 0 Å². The van der Waals surface area contributed by atoms with Crippen molar-refractivity contribution in [1.82, 2.24) is 15.6 Å². The van der Waals surface area contributed by atoms with Gasteiger partial charge in [0.2, 0.25) is 11.8 Å². The monoisotopic (exact) mass is 325 g/mol. The van der Waals surface area contributed by atoms with E-state index in [0.717, 1.165) is 5.69 Å². The highest BCUT2D eigenvalue weighted by Crippen LogP contribution is 2.07. The Morgan fingerprint density at radius 2 is 2.00 bits per heavy atom. The van der Waals surface area contributed by atoms with Gasteiger partial charge in [-0.3, -0.25) is 14.4 Å². The summed E-state index contributed by atoms with van der Waals surface area (Å²) >= 11 is 0. The Kier molecular flexibility index (Phi) is 8.45. The quantitative estimate of drug-likeness (QED) is 0.379. The van der Waals surface area contributed by atoms with E-state index >= 15 is 0 Å². The minimum absolute atomic E-state index is 0.0592. The lowest BCUT2D eigenvalue weighted by atomic mass is 10.0. The number of amides is 2. The number of aliphatic carboxylic acids is 1. The number of rotatable bonds is 11. The lowest BCUT2D eigenvalue weighted by molar-refractivity contribution is -0.137. The van der Waals surface area contributed by atoms with Crippen molar-refractivity contribution in [2.75, 3.05) is 19.7 Å². The Labute approximate surface area is 134 Å². The topological polar surface area (TPSA) is 132 Å². The van der Waals surface area contributed by atoms with E-state index in [1.54, 1.807) is 6.20 Å². The molecule has 23 heavy (non-hydrogen) atoms. The van der Waals surface area contributed by atoms with E-state index in [-0.39, 0.29) is 50.8 Å². The molecular weight excluding hydrogens is 302 g/mol. The Balaban J connectivity index is 2.46. The standard InChI is InChI=1S/C15H23N3O5/c19-8-7-17-15(23)11(9-12-3-2-6-16-12)10-18-13(20)4-1-5-14(21)22/h2-3,6,11,16,19H,1,4-5,7-10H2,(H,17,23)(H,18,20)(H,21,22). The predicted molar refractivity (Wildman–Crippen MR) is 82.6 cm³/mol. The van der Waals surface area contributed by atoms with Crippen molar-refractivity contribution in [2.24, 2.45) is 5.92 Å². The summed E-state index contributed by atoms with van der Waals surface area (Å²) in [4.78, 5) is 37.2. The lowest BCUT2D eigenvalue weighted by Gasteiger charge is -2.17. The first-order valence-electron chi connectivity index (χ1n) is 7.52. The Morgan fingerprint density at radius 3 is 2.61 bits per heavy atom. The highest BCUT2D eigenvalue weighted by molar-refractivity contribution is 5.81. The fourth-order valence-corrected chi connectivity index (χ4v) is 2.07. The average Bonchev–Trinajstić information content (AvgIpc) is 3.01. The van der Waals surface area contributed by atoms with Crippen molar-refractivity contribution in [3.8, 4) is 0 Å². The number of aliphatic hydroxyl groups excluding tert-OH is 1. The van der Waals surface area contributed by atoms with E-state index in [4.69, 9.17) is 10.2 Å². The SMILES string of the molecule is O=C(O)CCCC(=O)NCC(Cc1ccc[nH]1)C(=O)NCCO. The predicted octanol–water partition coefficient (Wildman–Crippen LogP) is -0.347. The van der Waals surface area contributed by atoms with Crippen LogP contribution in [0.2, 0.25) is 0 Å². The van der Waals surface area contributed by atoms with Gasteiger partial charge in [-0.1, -0.05) is 0 Å². The number of nitrogens with one attached hydrogen (secondary N) is 3. The van der Waals surface area contributed by atoms with E-state index in [1.165, 1.54) is 0 Å². The lowest BCUT2D eigenvalue weighted by Crippen LogP contribution is -2.40. The van der Waals surface area contributed by atoms with Gasteiger partial charge in [0.1, 0.15) is 0 Å². The molecule has 128 valence electrons. The molecule has 0 fully saturated rings. The molecule has 0 saturated heterocycles. The van der Waals surface area contributed by atoms with Crippen molar-refractivity contribution in [2.45, 2.75) is 25.7 Å². The summed E-state index contributed by atoms with van der Waals surface area (Å²) in [6.45, 7) is 0.164. The number of carboxylic acids is 1. The number of carbonyl (C=O) groups excluding carboxylic acids is 2. The molecule has 0 bridgehead atoms. The second-order valence-corrected chi connectivity index (χ2v) is 5.16. The minimum atomic E-state index is -0.939. The zero-order valence-corrected chi connectivity index (χ0v) is 12.9. The number of carbonyl (C=O) groups is 3. The fraction of sp³-hybridized carbons (Fsp3) is 0.533. The number of hydrogen-bond acceptors (Lipinski definition) is 4. The highest BCUT2D eigenvalue weighted by Gasteiger charge is 2.20. The number of aromatic nitrogens is 1. The van der Waals surface area contributed by atoms with Crippen LogP contribution in [0, 0.1) is 5.92 Å². The zero-order valence-electron chi connectivity index (χ0n) is 12.9. The van der Waals surface area contributed by atoms with Crippen molar-refractivity contribution in [3.05, 3.63) is 24.0 Å². The molecule has 8 heteroatoms. The first kappa shape index (κ1) is 18.7. The molecule has 1 heterocycles. The number of aromatic amines is 1. The summed E-state index contributed by atoms with van der Waals surface area (Å²) in [5.41, 5.74) is 0.870. The van der Waals surface area contributed by atoms with Gasteiger partial charge in [-0.25, -0.2) is 0 Å². The second kappa shape index (κ2) is 10.4. The number of hydrogen-bond donors (Lipinski definition) is 5. The molecule has 0 aliphatic heterocycles. The second-order valence-electron chi connectivity index (χ2n) is 5.16. The van der Waals surface area contributed by atoms with Crippen LogP contribution < -0.4 is 10.6 Å². The van der Waals surface area contributed by atoms with Gasteiger partial charge in [0.05, 0.1) is 12.5 Å². The van der Waals surface area contributed by atoms with Crippen LogP contribution in [0.1, 0.15) is 25.0 Å². The molecule has 0 aromatic carbocycles. The van der Waals surface area contributed by atoms with Crippen LogP contribution in [-0.2, 0) is 20.8 Å². The maximum absolute atomic E-state index is 12.1. The molecule has 0 aliphatic rings. The van der Waals surface area contributed by atoms with E-state index in [1.807, 2.05) is 12.1 Å². The number of aliphatic hydroxyl groups is 1. The Hall–Kier alpha value is -2.35. The van der Waals surface area contributed by atoms with Gasteiger partial charge in [-0.2, -0.15) is 0 Å². The molecule has 1 unspecified atom stereocenters. The van der Waals surface area contributed by atoms with Crippen LogP contribution >= 0.6 is 0 Å². The van der Waals surface area contributed by atoms with E-state index in [0.29, 0.717) is 6.42 Å². The highest BCUT2D eigenvalue weighted by atomic mass is 16.4. The maximum Gasteiger partial charge on any atom is 0.303 e. The molecule has 1 aromatic rings. The van der Waals surface area contributed by atoms with Crippen LogP contribution in [0.15, 0.2) is 18.3 Å². The summed E-state index contributed by atoms with van der Waals surface area (Å²) in [5.74, 6) is -1.94. The molecule has 1 atom stereocenters. The zero-order chi connectivity index (χ0) is 17.1. The smallest absolute Gasteiger partial charge is 0.303 e. The van der Waals surface area contributed by atoms with Crippen LogP contribution in [0.25, 0.3) is 0 Å². The van der Waals surface area contributed by atoms with Crippen molar-refractivity contribution in [3.63, 3.8) is 0 Å². The fourth-order valence-electron chi connectivity index (χ4n) is 2.07. The minimum Gasteiger partial charge on any atom is -0.481 e. The van der Waals surface area contributed by atoms with Gasteiger partial charge < -0.3 is 25.8 Å². The maximum atomic E-state index is 12.1. The van der Waals surface area contributed by atoms with Crippen LogP contribution in [0.3, 0.4) is 0 Å². The molecule has 5 N–H and O–H groups in total. The van der Waals surface area contributed by atoms with Gasteiger partial charge in [-0.05, 0) is 18.6 Å². The van der Waals surface area contributed by atoms with Crippen LogP contribution in [-0.4, -0.2) is 52.7 Å². The molecule has 0 spiro atoms. The summed E-state index contributed by atoms with van der Waals surface area (Å²) in [6.07, 6.45) is 2.50. The summed E-state index contributed by atoms with van der Waals surface area (Å²) in [6, 6.07) is 3.67. The molecule has 0 radical (unpaired) electrons. The van der Waals surface area contributed by atoms with Gasteiger partial charge >= 0.3 is 5.97 Å². The summed E-state index contributed by atoms with van der Waals surface area (Å²) in [5, 5.41) is 22.6. The summed E-state index contributed by atoms with van der Waals surface area (Å²) < 4.78 is 0.